The molecule has 1 aromatic heterocycles. The molecule has 0 aromatic carbocycles. The molecule has 1 saturated heterocycles. The first-order valence-corrected chi connectivity index (χ1v) is 7.63. The number of nitrogens with zero attached hydrogens (tertiary/aromatic N) is 4. The van der Waals surface area contributed by atoms with Crippen LogP contribution < -0.4 is 5.32 Å². The highest BCUT2D eigenvalue weighted by molar-refractivity contribution is 4.92. The predicted octanol–water partition coefficient (Wildman–Crippen LogP) is 0.887. The quantitative estimate of drug-likeness (QED) is 0.804. The van der Waals surface area contributed by atoms with Gasteiger partial charge in [0.15, 0.2) is 0 Å². The van der Waals surface area contributed by atoms with Crippen LogP contribution in [0.4, 0.5) is 0 Å². The number of nitrogens with one attached hydrogen (secondary N) is 1. The zero-order chi connectivity index (χ0) is 14.4. The normalized spacial score (nSPS) is 20.7. The summed E-state index contributed by atoms with van der Waals surface area (Å²) in [6.07, 6.45) is 3.18. The molecule has 0 amide bonds. The molecule has 1 N–H and O–H groups in total. The third-order valence-corrected chi connectivity index (χ3v) is 3.71. The lowest BCUT2D eigenvalue weighted by atomic mass is 10.2. The Labute approximate surface area is 121 Å². The Morgan fingerprint density at radius 3 is 3.05 bits per heavy atom. The van der Waals surface area contributed by atoms with Crippen molar-refractivity contribution in [3.8, 4) is 0 Å². The largest absolute Gasteiger partial charge is 0.378 e. The number of ether oxygens (including phenoxy) is 1. The second-order valence-electron chi connectivity index (χ2n) is 5.68. The predicted molar refractivity (Wildman–Crippen MR) is 78.5 cm³/mol. The molecule has 0 radical (unpaired) electrons. The molecule has 6 heteroatoms. The summed E-state index contributed by atoms with van der Waals surface area (Å²) in [4.78, 5) is 2.50. The van der Waals surface area contributed by atoms with Gasteiger partial charge in [-0.25, -0.2) is 0 Å². The van der Waals surface area contributed by atoms with Gasteiger partial charge in [0.25, 0.3) is 0 Å². The number of hydrogen-bond acceptors (Lipinski definition) is 5. The molecule has 1 fully saturated rings. The van der Waals surface area contributed by atoms with Crippen molar-refractivity contribution in [1.82, 2.24) is 25.2 Å². The first-order valence-electron chi connectivity index (χ1n) is 7.63. The van der Waals surface area contributed by atoms with E-state index in [-0.39, 0.29) is 0 Å². The summed E-state index contributed by atoms with van der Waals surface area (Å²) < 4.78 is 7.47. The van der Waals surface area contributed by atoms with Gasteiger partial charge in [0.2, 0.25) is 0 Å². The van der Waals surface area contributed by atoms with Gasteiger partial charge in [-0.3, -0.25) is 9.58 Å². The third kappa shape index (κ3) is 4.54. The molecule has 1 atom stereocenters. The van der Waals surface area contributed by atoms with Crippen molar-refractivity contribution in [3.05, 3.63) is 11.9 Å². The van der Waals surface area contributed by atoms with Crippen molar-refractivity contribution in [2.75, 3.05) is 26.3 Å². The van der Waals surface area contributed by atoms with Gasteiger partial charge in [0.05, 0.1) is 25.5 Å². The maximum atomic E-state index is 5.53. The van der Waals surface area contributed by atoms with Crippen LogP contribution in [0.15, 0.2) is 6.20 Å². The van der Waals surface area contributed by atoms with Gasteiger partial charge in [0.1, 0.15) is 0 Å². The highest BCUT2D eigenvalue weighted by atomic mass is 16.5. The van der Waals surface area contributed by atoms with Gasteiger partial charge < -0.3 is 10.1 Å². The topological polar surface area (TPSA) is 55.2 Å². The first kappa shape index (κ1) is 15.4. The lowest BCUT2D eigenvalue weighted by molar-refractivity contribution is -0.0103. The minimum absolute atomic E-state index is 0.471. The summed E-state index contributed by atoms with van der Waals surface area (Å²) in [6.45, 7) is 11.9. The summed E-state index contributed by atoms with van der Waals surface area (Å²) in [6, 6.07) is 1.02. The summed E-state index contributed by atoms with van der Waals surface area (Å²) in [5.74, 6) is 0. The van der Waals surface area contributed by atoms with Crippen LogP contribution in [0.1, 0.15) is 32.9 Å². The standard InChI is InChI=1S/C14H27N5O/c1-4-14-11-20-8-7-18(14)5-6-19-10-13(16-17-19)9-15-12(2)3/h10,12,14-15H,4-9,11H2,1-3H3. The SMILES string of the molecule is CCC1COCCN1CCn1cc(CNC(C)C)nn1. The molecule has 1 unspecified atom stereocenters. The fourth-order valence-corrected chi connectivity index (χ4v) is 2.43. The molecule has 0 bridgehead atoms. The molecule has 2 heterocycles. The average molecular weight is 281 g/mol. The molecule has 20 heavy (non-hydrogen) atoms. The summed E-state index contributed by atoms with van der Waals surface area (Å²) in [5, 5.41) is 11.8. The van der Waals surface area contributed by atoms with Crippen LogP contribution >= 0.6 is 0 Å². The Morgan fingerprint density at radius 2 is 2.30 bits per heavy atom. The van der Waals surface area contributed by atoms with E-state index in [4.69, 9.17) is 4.74 Å². The van der Waals surface area contributed by atoms with Gasteiger partial charge in [-0.2, -0.15) is 0 Å². The molecule has 0 aliphatic carbocycles. The molecule has 1 aromatic rings. The molecular weight excluding hydrogens is 254 g/mol. The Hall–Kier alpha value is -0.980. The lowest BCUT2D eigenvalue weighted by Crippen LogP contribution is -2.46. The van der Waals surface area contributed by atoms with Gasteiger partial charge >= 0.3 is 0 Å². The molecule has 0 spiro atoms. The molecule has 1 aliphatic heterocycles. The van der Waals surface area contributed by atoms with E-state index >= 15 is 0 Å². The minimum Gasteiger partial charge on any atom is -0.378 e. The van der Waals surface area contributed by atoms with E-state index in [0.29, 0.717) is 12.1 Å². The molecule has 1 aliphatic rings. The molecule has 6 nitrogen and oxygen atoms in total. The van der Waals surface area contributed by atoms with Crippen LogP contribution in [0.2, 0.25) is 0 Å². The lowest BCUT2D eigenvalue weighted by Gasteiger charge is -2.34. The second kappa shape index (κ2) is 7.71. The highest BCUT2D eigenvalue weighted by Gasteiger charge is 2.20. The van der Waals surface area contributed by atoms with Crippen molar-refractivity contribution in [3.63, 3.8) is 0 Å². The monoisotopic (exact) mass is 281 g/mol. The van der Waals surface area contributed by atoms with Crippen molar-refractivity contribution in [1.29, 1.82) is 0 Å². The van der Waals surface area contributed by atoms with Crippen LogP contribution in [0.5, 0.6) is 0 Å². The maximum absolute atomic E-state index is 5.53. The Kier molecular flexibility index (Phi) is 5.94. The van der Waals surface area contributed by atoms with Crippen molar-refractivity contribution in [2.45, 2.75) is 52.4 Å². The van der Waals surface area contributed by atoms with E-state index in [1.54, 1.807) is 0 Å². The second-order valence-corrected chi connectivity index (χ2v) is 5.68. The summed E-state index contributed by atoms with van der Waals surface area (Å²) in [5.41, 5.74) is 1.01. The Bertz CT molecular complexity index is 393. The molecule has 114 valence electrons. The molecular formula is C14H27N5O. The maximum Gasteiger partial charge on any atom is 0.0964 e. The van der Waals surface area contributed by atoms with E-state index in [1.807, 2.05) is 10.9 Å². The summed E-state index contributed by atoms with van der Waals surface area (Å²) in [7, 11) is 0. The van der Waals surface area contributed by atoms with E-state index in [2.05, 4.69) is 41.3 Å². The van der Waals surface area contributed by atoms with Crippen molar-refractivity contribution < 1.29 is 4.74 Å². The molecule has 2 rings (SSSR count). The van der Waals surface area contributed by atoms with Gasteiger partial charge in [-0.1, -0.05) is 26.0 Å². The zero-order valence-corrected chi connectivity index (χ0v) is 12.9. The van der Waals surface area contributed by atoms with Crippen LogP contribution in [0.25, 0.3) is 0 Å². The zero-order valence-electron chi connectivity index (χ0n) is 12.9. The van der Waals surface area contributed by atoms with Crippen LogP contribution in [-0.2, 0) is 17.8 Å². The van der Waals surface area contributed by atoms with Crippen molar-refractivity contribution in [2.24, 2.45) is 0 Å². The van der Waals surface area contributed by atoms with E-state index < -0.39 is 0 Å². The van der Waals surface area contributed by atoms with Crippen LogP contribution in [0.3, 0.4) is 0 Å². The Morgan fingerprint density at radius 1 is 1.45 bits per heavy atom. The number of morpholine rings is 1. The van der Waals surface area contributed by atoms with Crippen LogP contribution in [0, 0.1) is 0 Å². The Balaban J connectivity index is 1.78. The van der Waals surface area contributed by atoms with Gasteiger partial charge in [-0.05, 0) is 6.42 Å². The fraction of sp³-hybridized carbons (Fsp3) is 0.857. The average Bonchev–Trinajstić information content (AvgIpc) is 2.91. The highest BCUT2D eigenvalue weighted by Crippen LogP contribution is 2.10. The van der Waals surface area contributed by atoms with Gasteiger partial charge in [-0.15, -0.1) is 5.10 Å². The minimum atomic E-state index is 0.471. The summed E-state index contributed by atoms with van der Waals surface area (Å²) >= 11 is 0. The molecule has 0 saturated carbocycles. The number of hydrogen-bond donors (Lipinski definition) is 1. The van der Waals surface area contributed by atoms with E-state index in [9.17, 15) is 0 Å². The number of rotatable bonds is 7. The number of aromatic nitrogens is 3. The smallest absolute Gasteiger partial charge is 0.0964 e. The van der Waals surface area contributed by atoms with Crippen molar-refractivity contribution >= 4 is 0 Å². The van der Waals surface area contributed by atoms with Gasteiger partial charge in [0, 0.05) is 37.9 Å². The fourth-order valence-electron chi connectivity index (χ4n) is 2.43. The van der Waals surface area contributed by atoms with E-state index in [1.165, 1.54) is 0 Å². The third-order valence-electron chi connectivity index (χ3n) is 3.71. The van der Waals surface area contributed by atoms with Crippen LogP contribution in [-0.4, -0.2) is 58.3 Å². The first-order chi connectivity index (χ1) is 9.69. The van der Waals surface area contributed by atoms with E-state index in [0.717, 1.165) is 51.5 Å².